The maximum atomic E-state index is 11.9. The fourth-order valence-corrected chi connectivity index (χ4v) is 2.81. The van der Waals surface area contributed by atoms with Gasteiger partial charge in [-0.15, -0.1) is 0 Å². The zero-order chi connectivity index (χ0) is 16.7. The van der Waals surface area contributed by atoms with Crippen molar-refractivity contribution in [3.63, 3.8) is 0 Å². The lowest BCUT2D eigenvalue weighted by Crippen LogP contribution is -2.48. The molecule has 1 atom stereocenters. The third kappa shape index (κ3) is 6.89. The smallest absolute Gasteiger partial charge is 0.258 e. The van der Waals surface area contributed by atoms with Crippen molar-refractivity contribution in [2.75, 3.05) is 39.4 Å². The molecule has 5 nitrogen and oxygen atoms in total. The summed E-state index contributed by atoms with van der Waals surface area (Å²) in [5.41, 5.74) is 0. The average molecular weight is 385 g/mol. The molecular weight excluding hydrogens is 360 g/mol. The molecule has 1 aromatic rings. The van der Waals surface area contributed by atoms with Crippen LogP contribution in [0.3, 0.4) is 0 Å². The number of halogens is 1. The van der Waals surface area contributed by atoms with Crippen molar-refractivity contribution < 1.29 is 14.3 Å². The van der Waals surface area contributed by atoms with E-state index in [0.29, 0.717) is 18.2 Å². The molecule has 1 aromatic carbocycles. The molecule has 0 spiro atoms. The van der Waals surface area contributed by atoms with Crippen molar-refractivity contribution in [3.8, 4) is 5.75 Å². The number of ether oxygens (including phenoxy) is 2. The van der Waals surface area contributed by atoms with Crippen molar-refractivity contribution >= 4 is 21.8 Å². The third-order valence-corrected chi connectivity index (χ3v) is 4.09. The van der Waals surface area contributed by atoms with Gasteiger partial charge in [-0.1, -0.05) is 29.8 Å². The van der Waals surface area contributed by atoms with Crippen LogP contribution in [0, 0.1) is 5.92 Å². The average Bonchev–Trinajstić information content (AvgIpc) is 2.52. The number of rotatable bonds is 7. The number of benzene rings is 1. The second-order valence-electron chi connectivity index (χ2n) is 6.19. The minimum Gasteiger partial charge on any atom is -0.484 e. The summed E-state index contributed by atoms with van der Waals surface area (Å²) in [5.74, 6) is 1.19. The number of carbonyl (C=O) groups excluding carboxylic acids is 1. The van der Waals surface area contributed by atoms with E-state index in [1.807, 2.05) is 24.3 Å². The lowest BCUT2D eigenvalue weighted by molar-refractivity contribution is -0.124. The van der Waals surface area contributed by atoms with E-state index in [1.165, 1.54) is 0 Å². The van der Waals surface area contributed by atoms with Crippen LogP contribution < -0.4 is 10.1 Å². The molecule has 6 heteroatoms. The summed E-state index contributed by atoms with van der Waals surface area (Å²) < 4.78 is 12.1. The van der Waals surface area contributed by atoms with E-state index in [0.717, 1.165) is 30.7 Å². The molecule has 0 unspecified atom stereocenters. The van der Waals surface area contributed by atoms with Gasteiger partial charge in [0, 0.05) is 30.7 Å². The van der Waals surface area contributed by atoms with E-state index in [1.54, 1.807) is 0 Å². The first-order chi connectivity index (χ1) is 11.0. The summed E-state index contributed by atoms with van der Waals surface area (Å²) in [7, 11) is 0. The second-order valence-corrected chi connectivity index (χ2v) is 7.11. The first-order valence-electron chi connectivity index (χ1n) is 8.02. The molecule has 0 aliphatic carbocycles. The Morgan fingerprint density at radius 2 is 2.17 bits per heavy atom. The summed E-state index contributed by atoms with van der Waals surface area (Å²) >= 11 is 3.36. The van der Waals surface area contributed by atoms with E-state index in [2.05, 4.69) is 40.0 Å². The van der Waals surface area contributed by atoms with Crippen molar-refractivity contribution in [3.05, 3.63) is 28.7 Å². The molecule has 1 aliphatic heterocycles. The number of nitrogens with zero attached hydrogens (tertiary/aromatic N) is 1. The zero-order valence-electron chi connectivity index (χ0n) is 13.8. The van der Waals surface area contributed by atoms with Crippen molar-refractivity contribution in [2.45, 2.75) is 20.0 Å². The predicted octanol–water partition coefficient (Wildman–Crippen LogP) is 2.30. The normalized spacial score (nSPS) is 18.9. The van der Waals surface area contributed by atoms with Gasteiger partial charge < -0.3 is 14.8 Å². The molecule has 128 valence electrons. The Balaban J connectivity index is 1.66. The number of nitrogens with one attached hydrogen (secondary N) is 1. The van der Waals surface area contributed by atoms with E-state index in [-0.39, 0.29) is 18.6 Å². The Morgan fingerprint density at radius 3 is 2.87 bits per heavy atom. The summed E-state index contributed by atoms with van der Waals surface area (Å²) in [6.45, 7) is 8.60. The number of amides is 1. The number of morpholine rings is 1. The molecule has 0 bridgehead atoms. The van der Waals surface area contributed by atoms with Gasteiger partial charge in [0.05, 0.1) is 12.7 Å². The van der Waals surface area contributed by atoms with Gasteiger partial charge in [-0.25, -0.2) is 0 Å². The van der Waals surface area contributed by atoms with Crippen LogP contribution in [0.15, 0.2) is 28.7 Å². The molecule has 1 saturated heterocycles. The Kier molecular flexibility index (Phi) is 7.33. The monoisotopic (exact) mass is 384 g/mol. The van der Waals surface area contributed by atoms with Crippen LogP contribution in [0.4, 0.5) is 0 Å². The topological polar surface area (TPSA) is 50.8 Å². The van der Waals surface area contributed by atoms with Crippen LogP contribution in [0.25, 0.3) is 0 Å². The fourth-order valence-electron chi connectivity index (χ4n) is 2.54. The first kappa shape index (κ1) is 18.2. The number of carbonyl (C=O) groups is 1. The van der Waals surface area contributed by atoms with Crippen LogP contribution in [0.1, 0.15) is 13.8 Å². The number of hydrogen-bond acceptors (Lipinski definition) is 4. The fraction of sp³-hybridized carbons (Fsp3) is 0.588. The predicted molar refractivity (Wildman–Crippen MR) is 93.7 cm³/mol. The Hall–Kier alpha value is -1.11. The number of hydrogen-bond donors (Lipinski definition) is 1. The largest absolute Gasteiger partial charge is 0.484 e. The summed E-state index contributed by atoms with van der Waals surface area (Å²) in [5, 5.41) is 2.88. The van der Waals surface area contributed by atoms with Crippen LogP contribution in [-0.4, -0.2) is 56.3 Å². The summed E-state index contributed by atoms with van der Waals surface area (Å²) in [6, 6.07) is 7.41. The van der Waals surface area contributed by atoms with Gasteiger partial charge in [0.25, 0.3) is 5.91 Å². The molecule has 2 rings (SSSR count). The summed E-state index contributed by atoms with van der Waals surface area (Å²) in [4.78, 5) is 14.3. The van der Waals surface area contributed by atoms with Crippen LogP contribution in [0.5, 0.6) is 5.75 Å². The van der Waals surface area contributed by atoms with Gasteiger partial charge in [0.1, 0.15) is 5.75 Å². The molecule has 1 fully saturated rings. The zero-order valence-corrected chi connectivity index (χ0v) is 15.3. The van der Waals surface area contributed by atoms with Gasteiger partial charge in [0.15, 0.2) is 6.61 Å². The lowest BCUT2D eigenvalue weighted by atomic mass is 10.2. The molecular formula is C17H25BrN2O3. The van der Waals surface area contributed by atoms with E-state index in [9.17, 15) is 4.79 Å². The van der Waals surface area contributed by atoms with Gasteiger partial charge >= 0.3 is 0 Å². The highest BCUT2D eigenvalue weighted by molar-refractivity contribution is 9.10. The van der Waals surface area contributed by atoms with Crippen molar-refractivity contribution in [1.29, 1.82) is 0 Å². The maximum Gasteiger partial charge on any atom is 0.258 e. The second kappa shape index (κ2) is 9.25. The molecule has 0 aromatic heterocycles. The highest BCUT2D eigenvalue weighted by atomic mass is 79.9. The molecule has 0 radical (unpaired) electrons. The molecule has 1 N–H and O–H groups in total. The van der Waals surface area contributed by atoms with E-state index in [4.69, 9.17) is 9.47 Å². The molecule has 23 heavy (non-hydrogen) atoms. The SMILES string of the molecule is CC(C)CN1CCO[C@H](CNC(=O)COc2ccc(Br)cc2)C1. The summed E-state index contributed by atoms with van der Waals surface area (Å²) in [6.07, 6.45) is 0.0548. The van der Waals surface area contributed by atoms with Gasteiger partial charge in [-0.3, -0.25) is 9.69 Å². The highest BCUT2D eigenvalue weighted by Crippen LogP contribution is 2.15. The first-order valence-corrected chi connectivity index (χ1v) is 8.81. The Bertz CT molecular complexity index is 493. The highest BCUT2D eigenvalue weighted by Gasteiger charge is 2.21. The van der Waals surface area contributed by atoms with Crippen molar-refractivity contribution in [2.24, 2.45) is 5.92 Å². The third-order valence-electron chi connectivity index (χ3n) is 3.56. The standard InChI is InChI=1S/C17H25BrN2O3/c1-13(2)10-20-7-8-22-16(11-20)9-19-17(21)12-23-15-5-3-14(18)4-6-15/h3-6,13,16H,7-12H2,1-2H3,(H,19,21)/t16-/m1/s1. The maximum absolute atomic E-state index is 11.9. The minimum atomic E-state index is -0.127. The van der Waals surface area contributed by atoms with Crippen LogP contribution >= 0.6 is 15.9 Å². The lowest BCUT2D eigenvalue weighted by Gasteiger charge is -2.33. The van der Waals surface area contributed by atoms with Crippen LogP contribution in [0.2, 0.25) is 0 Å². The Labute approximate surface area is 146 Å². The van der Waals surface area contributed by atoms with Gasteiger partial charge in [-0.2, -0.15) is 0 Å². The van der Waals surface area contributed by atoms with Gasteiger partial charge in [0.2, 0.25) is 0 Å². The van der Waals surface area contributed by atoms with E-state index >= 15 is 0 Å². The minimum absolute atomic E-state index is 0.0179. The Morgan fingerprint density at radius 1 is 1.43 bits per heavy atom. The van der Waals surface area contributed by atoms with Gasteiger partial charge in [-0.05, 0) is 30.2 Å². The quantitative estimate of drug-likeness (QED) is 0.783. The molecule has 1 amide bonds. The van der Waals surface area contributed by atoms with Crippen LogP contribution in [-0.2, 0) is 9.53 Å². The van der Waals surface area contributed by atoms with Crippen molar-refractivity contribution in [1.82, 2.24) is 10.2 Å². The molecule has 1 heterocycles. The molecule has 1 aliphatic rings. The van der Waals surface area contributed by atoms with E-state index < -0.39 is 0 Å². The molecule has 0 saturated carbocycles.